The molecule has 12 heavy (non-hydrogen) atoms. The second-order valence-electron chi connectivity index (χ2n) is 2.28. The van der Waals surface area contributed by atoms with Crippen molar-refractivity contribution >= 4 is 7.60 Å². The van der Waals surface area contributed by atoms with Gasteiger partial charge in [-0.3, -0.25) is 4.57 Å². The lowest BCUT2D eigenvalue weighted by molar-refractivity contribution is 0.0497. The molecule has 2 atom stereocenters. The van der Waals surface area contributed by atoms with Crippen molar-refractivity contribution in [3.05, 3.63) is 0 Å². The molecule has 0 aliphatic heterocycles. The van der Waals surface area contributed by atoms with Gasteiger partial charge < -0.3 is 25.4 Å². The lowest BCUT2D eigenvalue weighted by atomic mass is 10.4. The lowest BCUT2D eigenvalue weighted by Gasteiger charge is -2.12. The monoisotopic (exact) mass is 199 g/mol. The van der Waals surface area contributed by atoms with Gasteiger partial charge in [0.15, 0.2) is 0 Å². The maximum Gasteiger partial charge on any atom is 0.329 e. The fourth-order valence-corrected chi connectivity index (χ4v) is 1.34. The molecule has 0 aromatic carbocycles. The van der Waals surface area contributed by atoms with Crippen molar-refractivity contribution in [3.8, 4) is 0 Å². The first-order chi connectivity index (χ1) is 5.52. The van der Waals surface area contributed by atoms with Gasteiger partial charge in [0.05, 0.1) is 19.4 Å². The summed E-state index contributed by atoms with van der Waals surface area (Å²) in [7, 11) is -3.66. The van der Waals surface area contributed by atoms with E-state index in [1.165, 1.54) is 0 Å². The molecule has 0 saturated heterocycles. The van der Waals surface area contributed by atoms with Gasteiger partial charge in [-0.05, 0) is 0 Å². The Morgan fingerprint density at radius 2 is 2.17 bits per heavy atom. The summed E-state index contributed by atoms with van der Waals surface area (Å²) in [6.45, 7) is -0.810. The molecular formula is C5H14NO5P. The summed E-state index contributed by atoms with van der Waals surface area (Å²) in [6, 6.07) is 0. The van der Waals surface area contributed by atoms with Crippen LogP contribution in [0.25, 0.3) is 0 Å². The predicted octanol–water partition coefficient (Wildman–Crippen LogP) is -1.50. The third-order valence-electron chi connectivity index (χ3n) is 1.09. The molecule has 7 heteroatoms. The third kappa shape index (κ3) is 5.65. The van der Waals surface area contributed by atoms with Crippen LogP contribution in [0.2, 0.25) is 0 Å². The smallest absolute Gasteiger partial charge is 0.329 e. The first-order valence-corrected chi connectivity index (χ1v) is 5.23. The first kappa shape index (κ1) is 12.0. The average molecular weight is 199 g/mol. The number of hydrogen-bond donors (Lipinski definition) is 4. The molecule has 0 rings (SSSR count). The summed E-state index contributed by atoms with van der Waals surface area (Å²) < 4.78 is 15.3. The van der Waals surface area contributed by atoms with E-state index >= 15 is 0 Å². The molecule has 0 saturated carbocycles. The van der Waals surface area contributed by atoms with E-state index in [0.29, 0.717) is 0 Å². The van der Waals surface area contributed by atoms with Crippen LogP contribution in [0.5, 0.6) is 0 Å². The van der Waals surface area contributed by atoms with E-state index in [4.69, 9.17) is 20.8 Å². The second kappa shape index (κ2) is 5.64. The van der Waals surface area contributed by atoms with Crippen LogP contribution in [-0.4, -0.2) is 47.1 Å². The number of hydrogen-bond acceptors (Lipinski definition) is 5. The Hall–Kier alpha value is 0.0300. The summed E-state index contributed by atoms with van der Waals surface area (Å²) in [5, 5.41) is 17.1. The average Bonchev–Trinajstić information content (AvgIpc) is 2.00. The molecular weight excluding hydrogens is 185 g/mol. The first-order valence-electron chi connectivity index (χ1n) is 3.47. The Bertz CT molecular complexity index is 164. The van der Waals surface area contributed by atoms with Gasteiger partial charge in [-0.15, -0.1) is 0 Å². The van der Waals surface area contributed by atoms with Gasteiger partial charge in [0, 0.05) is 6.54 Å². The zero-order valence-electron chi connectivity index (χ0n) is 6.59. The number of aliphatic hydroxyl groups is 2. The van der Waals surface area contributed by atoms with Crippen LogP contribution in [-0.2, 0) is 9.09 Å². The van der Waals surface area contributed by atoms with Crippen molar-refractivity contribution in [2.45, 2.75) is 6.10 Å². The van der Waals surface area contributed by atoms with Crippen LogP contribution < -0.4 is 5.73 Å². The van der Waals surface area contributed by atoms with Gasteiger partial charge in [-0.25, -0.2) is 0 Å². The highest BCUT2D eigenvalue weighted by Gasteiger charge is 2.19. The van der Waals surface area contributed by atoms with Crippen LogP contribution in [0.3, 0.4) is 0 Å². The molecule has 1 unspecified atom stereocenters. The molecule has 0 heterocycles. The summed E-state index contributed by atoms with van der Waals surface area (Å²) in [4.78, 5) is 8.92. The van der Waals surface area contributed by atoms with E-state index in [0.717, 1.165) is 0 Å². The van der Waals surface area contributed by atoms with E-state index in [1.54, 1.807) is 0 Å². The number of rotatable bonds is 6. The van der Waals surface area contributed by atoms with Gasteiger partial charge in [-0.2, -0.15) is 0 Å². The molecule has 0 radical (unpaired) electrons. The van der Waals surface area contributed by atoms with Crippen molar-refractivity contribution in [2.75, 3.05) is 25.9 Å². The molecule has 0 aliphatic carbocycles. The third-order valence-corrected chi connectivity index (χ3v) is 2.47. The van der Waals surface area contributed by atoms with E-state index in [2.05, 4.69) is 4.52 Å². The fourth-order valence-electron chi connectivity index (χ4n) is 0.483. The fraction of sp³-hybridized carbons (Fsp3) is 1.00. The molecule has 0 aliphatic rings. The minimum Gasteiger partial charge on any atom is -0.394 e. The van der Waals surface area contributed by atoms with Crippen molar-refractivity contribution in [2.24, 2.45) is 5.73 Å². The van der Waals surface area contributed by atoms with E-state index in [9.17, 15) is 4.57 Å². The Balaban J connectivity index is 3.67. The second-order valence-corrected chi connectivity index (χ2v) is 4.26. The quantitative estimate of drug-likeness (QED) is 0.387. The zero-order chi connectivity index (χ0) is 9.61. The Labute approximate surface area is 70.5 Å². The van der Waals surface area contributed by atoms with Crippen LogP contribution in [0.15, 0.2) is 0 Å². The minimum absolute atomic E-state index is 0.0446. The molecule has 0 amide bonds. The molecule has 6 nitrogen and oxygen atoms in total. The van der Waals surface area contributed by atoms with Gasteiger partial charge in [0.2, 0.25) is 0 Å². The van der Waals surface area contributed by atoms with E-state index in [-0.39, 0.29) is 19.3 Å². The molecule has 0 aromatic heterocycles. The van der Waals surface area contributed by atoms with Crippen molar-refractivity contribution in [3.63, 3.8) is 0 Å². The number of aliphatic hydroxyl groups excluding tert-OH is 2. The molecule has 74 valence electrons. The maximum absolute atomic E-state index is 10.9. The topological polar surface area (TPSA) is 113 Å². The highest BCUT2D eigenvalue weighted by Crippen LogP contribution is 2.40. The molecule has 0 fully saturated rings. The molecule has 0 spiro atoms. The highest BCUT2D eigenvalue weighted by atomic mass is 31.2. The summed E-state index contributed by atoms with van der Waals surface area (Å²) in [5.74, 6) is 0. The van der Waals surface area contributed by atoms with Crippen LogP contribution in [0, 0.1) is 0 Å². The van der Waals surface area contributed by atoms with Gasteiger partial charge >= 0.3 is 7.60 Å². The van der Waals surface area contributed by atoms with Crippen molar-refractivity contribution in [1.29, 1.82) is 0 Å². The standard InChI is InChI=1S/C5H14NO5P/c6-1-2-12(9,10)11-4-5(8)3-7/h5,7-8H,1-4,6H2,(H,9,10)/t5-/m1/s1. The SMILES string of the molecule is NCCP(=O)(O)OC[C@H](O)CO. The van der Waals surface area contributed by atoms with Crippen LogP contribution in [0.4, 0.5) is 0 Å². The van der Waals surface area contributed by atoms with Gasteiger partial charge in [-0.1, -0.05) is 0 Å². The maximum atomic E-state index is 10.9. The van der Waals surface area contributed by atoms with Crippen LogP contribution >= 0.6 is 7.60 Å². The zero-order valence-corrected chi connectivity index (χ0v) is 7.48. The Kier molecular flexibility index (Phi) is 5.65. The van der Waals surface area contributed by atoms with Gasteiger partial charge in [0.25, 0.3) is 0 Å². The van der Waals surface area contributed by atoms with E-state index < -0.39 is 20.3 Å². The highest BCUT2D eigenvalue weighted by molar-refractivity contribution is 7.52. The summed E-state index contributed by atoms with van der Waals surface area (Å²) in [5.41, 5.74) is 5.03. The Morgan fingerprint density at radius 3 is 2.58 bits per heavy atom. The van der Waals surface area contributed by atoms with E-state index in [1.807, 2.05) is 0 Å². The normalized spacial score (nSPS) is 18.7. The largest absolute Gasteiger partial charge is 0.394 e. The van der Waals surface area contributed by atoms with Crippen molar-refractivity contribution < 1.29 is 24.2 Å². The molecule has 5 N–H and O–H groups in total. The predicted molar refractivity (Wildman–Crippen MR) is 42.8 cm³/mol. The Morgan fingerprint density at radius 1 is 1.58 bits per heavy atom. The molecule has 0 bridgehead atoms. The number of nitrogens with two attached hydrogens (primary N) is 1. The van der Waals surface area contributed by atoms with Crippen molar-refractivity contribution in [1.82, 2.24) is 0 Å². The van der Waals surface area contributed by atoms with Crippen LogP contribution in [0.1, 0.15) is 0 Å². The minimum atomic E-state index is -3.66. The van der Waals surface area contributed by atoms with Gasteiger partial charge in [0.1, 0.15) is 6.10 Å². The molecule has 0 aromatic rings. The summed E-state index contributed by atoms with van der Waals surface area (Å²) in [6.07, 6.45) is -1.27. The lowest BCUT2D eigenvalue weighted by Crippen LogP contribution is -2.19. The summed E-state index contributed by atoms with van der Waals surface area (Å²) >= 11 is 0.